The summed E-state index contributed by atoms with van der Waals surface area (Å²) in [7, 11) is 0. The highest BCUT2D eigenvalue weighted by molar-refractivity contribution is 5.89. The van der Waals surface area contributed by atoms with E-state index in [4.69, 9.17) is 9.47 Å². The van der Waals surface area contributed by atoms with Crippen LogP contribution < -0.4 is 15.0 Å². The van der Waals surface area contributed by atoms with Gasteiger partial charge in [0.2, 0.25) is 0 Å². The summed E-state index contributed by atoms with van der Waals surface area (Å²) in [5.41, 5.74) is 1.55. The van der Waals surface area contributed by atoms with E-state index in [1.807, 2.05) is 42.5 Å². The van der Waals surface area contributed by atoms with Gasteiger partial charge in [0.05, 0.1) is 11.6 Å². The summed E-state index contributed by atoms with van der Waals surface area (Å²) >= 11 is 0. The number of piperidine rings is 1. The van der Waals surface area contributed by atoms with E-state index in [9.17, 15) is 9.18 Å². The molecule has 5 rings (SSSR count). The van der Waals surface area contributed by atoms with Gasteiger partial charge in [0.25, 0.3) is 0 Å². The molecule has 1 N–H and O–H groups in total. The Balaban J connectivity index is 1.17. The summed E-state index contributed by atoms with van der Waals surface area (Å²) in [4.78, 5) is 17.6. The SMILES string of the molecule is O=C(O[C@@H]1CCNCC1N1CCN(c2ccc(F)cc2)CC1)c1ccc(Oc2ccccc2)cc1. The van der Waals surface area contributed by atoms with Gasteiger partial charge in [-0.05, 0) is 73.6 Å². The number of hydrogen-bond donors (Lipinski definition) is 1. The predicted molar refractivity (Wildman–Crippen MR) is 134 cm³/mol. The van der Waals surface area contributed by atoms with Gasteiger partial charge in [-0.1, -0.05) is 18.2 Å². The molecule has 0 spiro atoms. The van der Waals surface area contributed by atoms with Gasteiger partial charge < -0.3 is 19.7 Å². The van der Waals surface area contributed by atoms with Crippen LogP contribution in [0.5, 0.6) is 11.5 Å². The number of nitrogens with one attached hydrogen (secondary N) is 1. The average molecular weight is 476 g/mol. The third kappa shape index (κ3) is 5.81. The Hall–Kier alpha value is -3.42. The van der Waals surface area contributed by atoms with E-state index in [-0.39, 0.29) is 23.9 Å². The number of carbonyl (C=O) groups is 1. The van der Waals surface area contributed by atoms with Gasteiger partial charge in [0.15, 0.2) is 0 Å². The van der Waals surface area contributed by atoms with Gasteiger partial charge in [-0.2, -0.15) is 0 Å². The van der Waals surface area contributed by atoms with Gasteiger partial charge in [-0.15, -0.1) is 0 Å². The summed E-state index contributed by atoms with van der Waals surface area (Å²) in [5, 5.41) is 3.45. The molecule has 0 radical (unpaired) electrons. The quantitative estimate of drug-likeness (QED) is 0.536. The van der Waals surface area contributed by atoms with Crippen molar-refractivity contribution in [3.05, 3.63) is 90.2 Å². The molecule has 0 bridgehead atoms. The summed E-state index contributed by atoms with van der Waals surface area (Å²) in [6.07, 6.45) is 0.616. The molecule has 2 saturated heterocycles. The summed E-state index contributed by atoms with van der Waals surface area (Å²) in [6, 6.07) is 23.4. The van der Waals surface area contributed by atoms with E-state index >= 15 is 0 Å². The standard InChI is InChI=1S/C28H30FN3O3/c29-22-8-10-23(11-9-22)31-16-18-32(19-17-31)26-20-30-15-14-27(26)35-28(33)21-6-12-25(13-7-21)34-24-4-2-1-3-5-24/h1-13,26-27,30H,14-20H2/t26?,27-/m1/s1. The van der Waals surface area contributed by atoms with Gasteiger partial charge in [-0.25, -0.2) is 9.18 Å². The minimum absolute atomic E-state index is 0.128. The Morgan fingerprint density at radius 2 is 1.54 bits per heavy atom. The number of nitrogens with zero attached hydrogens (tertiary/aromatic N) is 2. The number of para-hydroxylation sites is 1. The first-order chi connectivity index (χ1) is 17.2. The molecular weight excluding hydrogens is 445 g/mol. The topological polar surface area (TPSA) is 54.0 Å². The zero-order valence-electron chi connectivity index (χ0n) is 19.6. The maximum absolute atomic E-state index is 13.3. The number of anilines is 1. The van der Waals surface area contributed by atoms with Crippen molar-refractivity contribution in [3.63, 3.8) is 0 Å². The van der Waals surface area contributed by atoms with Crippen LogP contribution in [0.2, 0.25) is 0 Å². The molecule has 1 unspecified atom stereocenters. The van der Waals surface area contributed by atoms with Gasteiger partial charge in [0, 0.05) is 38.4 Å². The maximum Gasteiger partial charge on any atom is 0.338 e. The lowest BCUT2D eigenvalue weighted by Gasteiger charge is -2.44. The first kappa shape index (κ1) is 23.3. The highest BCUT2D eigenvalue weighted by atomic mass is 19.1. The Labute approximate surface area is 205 Å². The minimum Gasteiger partial charge on any atom is -0.457 e. The fourth-order valence-corrected chi connectivity index (χ4v) is 4.77. The lowest BCUT2D eigenvalue weighted by molar-refractivity contribution is -0.0141. The number of benzene rings is 3. The van der Waals surface area contributed by atoms with E-state index in [0.29, 0.717) is 11.3 Å². The zero-order chi connectivity index (χ0) is 24.0. The Kier molecular flexibility index (Phi) is 7.25. The van der Waals surface area contributed by atoms with E-state index in [0.717, 1.165) is 57.1 Å². The molecule has 7 heteroatoms. The van der Waals surface area contributed by atoms with E-state index < -0.39 is 0 Å². The number of hydrogen-bond acceptors (Lipinski definition) is 6. The molecule has 0 saturated carbocycles. The van der Waals surface area contributed by atoms with Crippen molar-refractivity contribution < 1.29 is 18.7 Å². The molecule has 6 nitrogen and oxygen atoms in total. The van der Waals surface area contributed by atoms with Crippen LogP contribution in [-0.2, 0) is 4.74 Å². The monoisotopic (exact) mass is 475 g/mol. The first-order valence-corrected chi connectivity index (χ1v) is 12.1. The van der Waals surface area contributed by atoms with Crippen LogP contribution in [0.25, 0.3) is 0 Å². The van der Waals surface area contributed by atoms with Gasteiger partial charge >= 0.3 is 5.97 Å². The van der Waals surface area contributed by atoms with Crippen LogP contribution in [0, 0.1) is 5.82 Å². The molecule has 3 aromatic carbocycles. The fraction of sp³-hybridized carbons (Fsp3) is 0.321. The van der Waals surface area contributed by atoms with Crippen LogP contribution >= 0.6 is 0 Å². The normalized spacial score (nSPS) is 20.9. The van der Waals surface area contributed by atoms with Crippen LogP contribution in [-0.4, -0.2) is 62.3 Å². The lowest BCUT2D eigenvalue weighted by Crippen LogP contribution is -2.60. The van der Waals surface area contributed by atoms with Crippen molar-refractivity contribution >= 4 is 11.7 Å². The van der Waals surface area contributed by atoms with Crippen LogP contribution in [0.3, 0.4) is 0 Å². The Bertz CT molecular complexity index is 1100. The Morgan fingerprint density at radius 1 is 0.857 bits per heavy atom. The molecule has 35 heavy (non-hydrogen) atoms. The molecule has 0 aliphatic carbocycles. The fourth-order valence-electron chi connectivity index (χ4n) is 4.77. The summed E-state index contributed by atoms with van der Waals surface area (Å²) in [6.45, 7) is 5.05. The number of esters is 1. The molecule has 182 valence electrons. The molecular formula is C28H30FN3O3. The third-order valence-electron chi connectivity index (χ3n) is 6.69. The van der Waals surface area contributed by atoms with Crippen LogP contribution in [0.15, 0.2) is 78.9 Å². The van der Waals surface area contributed by atoms with Crippen molar-refractivity contribution in [3.8, 4) is 11.5 Å². The number of halogens is 1. The van der Waals surface area contributed by atoms with Gasteiger partial charge in [-0.3, -0.25) is 4.90 Å². The van der Waals surface area contributed by atoms with Crippen molar-refractivity contribution in [2.75, 3.05) is 44.2 Å². The molecule has 2 fully saturated rings. The smallest absolute Gasteiger partial charge is 0.338 e. The van der Waals surface area contributed by atoms with E-state index in [1.54, 1.807) is 24.3 Å². The Morgan fingerprint density at radius 3 is 2.26 bits per heavy atom. The highest BCUT2D eigenvalue weighted by Gasteiger charge is 2.34. The second-order valence-corrected chi connectivity index (χ2v) is 8.94. The second-order valence-electron chi connectivity index (χ2n) is 8.94. The molecule has 3 aromatic rings. The first-order valence-electron chi connectivity index (χ1n) is 12.1. The second kappa shape index (κ2) is 10.9. The van der Waals surface area contributed by atoms with Crippen LogP contribution in [0.4, 0.5) is 10.1 Å². The highest BCUT2D eigenvalue weighted by Crippen LogP contribution is 2.24. The van der Waals surface area contributed by atoms with Crippen molar-refractivity contribution in [1.29, 1.82) is 0 Å². The number of piperazine rings is 1. The minimum atomic E-state index is -0.307. The summed E-state index contributed by atoms with van der Waals surface area (Å²) < 4.78 is 25.1. The molecule has 0 amide bonds. The molecule has 0 aromatic heterocycles. The van der Waals surface area contributed by atoms with Crippen LogP contribution in [0.1, 0.15) is 16.8 Å². The lowest BCUT2D eigenvalue weighted by atomic mass is 10.0. The third-order valence-corrected chi connectivity index (χ3v) is 6.69. The maximum atomic E-state index is 13.3. The summed E-state index contributed by atoms with van der Waals surface area (Å²) in [5.74, 6) is 0.896. The largest absolute Gasteiger partial charge is 0.457 e. The van der Waals surface area contributed by atoms with E-state index in [2.05, 4.69) is 15.1 Å². The molecule has 2 aliphatic heterocycles. The van der Waals surface area contributed by atoms with Gasteiger partial charge in [0.1, 0.15) is 23.4 Å². The number of rotatable bonds is 6. The predicted octanol–water partition coefficient (Wildman–Crippen LogP) is 4.33. The average Bonchev–Trinajstić information content (AvgIpc) is 2.91. The zero-order valence-corrected chi connectivity index (χ0v) is 19.6. The molecule has 2 heterocycles. The van der Waals surface area contributed by atoms with Crippen molar-refractivity contribution in [2.24, 2.45) is 0 Å². The number of ether oxygens (including phenoxy) is 2. The van der Waals surface area contributed by atoms with Crippen molar-refractivity contribution in [2.45, 2.75) is 18.6 Å². The van der Waals surface area contributed by atoms with E-state index in [1.165, 1.54) is 12.1 Å². The molecule has 2 aliphatic rings. The van der Waals surface area contributed by atoms with Crippen molar-refractivity contribution in [1.82, 2.24) is 10.2 Å². The number of carbonyl (C=O) groups excluding carboxylic acids is 1. The molecule has 2 atom stereocenters.